The summed E-state index contributed by atoms with van der Waals surface area (Å²) >= 11 is 0. The number of nitrogen functional groups attached to an aromatic ring is 1. The van der Waals surface area contributed by atoms with Gasteiger partial charge in [-0.2, -0.15) is 0 Å². The zero-order chi connectivity index (χ0) is 15.7. The predicted octanol–water partition coefficient (Wildman–Crippen LogP) is 4.45. The molecule has 0 saturated carbocycles. The lowest BCUT2D eigenvalue weighted by molar-refractivity contribution is 0.247. The molecular formula is C16H24N2O2Si. The minimum atomic E-state index is -1.75. The van der Waals surface area contributed by atoms with E-state index >= 15 is 0 Å². The SMILES string of the molecule is CC(C)(C)[Si](C)(C)OCc1ccc(-c2ccc(N)nc2)o1. The lowest BCUT2D eigenvalue weighted by Crippen LogP contribution is -2.40. The van der Waals surface area contributed by atoms with Gasteiger partial charge < -0.3 is 14.6 Å². The van der Waals surface area contributed by atoms with E-state index in [-0.39, 0.29) is 5.04 Å². The van der Waals surface area contributed by atoms with Crippen molar-refractivity contribution in [2.45, 2.75) is 45.5 Å². The number of pyridine rings is 1. The van der Waals surface area contributed by atoms with Crippen LogP contribution in [0, 0.1) is 0 Å². The number of anilines is 1. The molecule has 5 heteroatoms. The van der Waals surface area contributed by atoms with Crippen LogP contribution in [0.3, 0.4) is 0 Å². The van der Waals surface area contributed by atoms with Crippen LogP contribution in [-0.4, -0.2) is 13.3 Å². The highest BCUT2D eigenvalue weighted by molar-refractivity contribution is 6.74. The van der Waals surface area contributed by atoms with Gasteiger partial charge in [0.25, 0.3) is 0 Å². The zero-order valence-corrected chi connectivity index (χ0v) is 14.4. The average Bonchev–Trinajstić information content (AvgIpc) is 2.85. The minimum Gasteiger partial charge on any atom is -0.459 e. The average molecular weight is 304 g/mol. The van der Waals surface area contributed by atoms with Gasteiger partial charge in [0, 0.05) is 11.8 Å². The Balaban J connectivity index is 2.06. The van der Waals surface area contributed by atoms with Gasteiger partial charge in [-0.15, -0.1) is 0 Å². The van der Waals surface area contributed by atoms with Crippen molar-refractivity contribution in [1.29, 1.82) is 0 Å². The first-order valence-electron chi connectivity index (χ1n) is 7.14. The standard InChI is InChI=1S/C16H24N2O2Si/c1-16(2,3)21(4,5)19-11-13-7-8-14(20-13)12-6-9-15(17)18-10-12/h6-10H,11H2,1-5H3,(H2,17,18). The number of rotatable bonds is 4. The van der Waals surface area contributed by atoms with E-state index in [1.54, 1.807) is 12.3 Å². The third-order valence-electron chi connectivity index (χ3n) is 4.11. The molecule has 0 spiro atoms. The predicted molar refractivity (Wildman–Crippen MR) is 88.3 cm³/mol. The Morgan fingerprint density at radius 2 is 1.90 bits per heavy atom. The Kier molecular flexibility index (Phi) is 4.25. The third kappa shape index (κ3) is 3.74. The van der Waals surface area contributed by atoms with Crippen LogP contribution in [0.1, 0.15) is 26.5 Å². The van der Waals surface area contributed by atoms with Gasteiger partial charge in [0.2, 0.25) is 0 Å². The maximum absolute atomic E-state index is 6.16. The van der Waals surface area contributed by atoms with Crippen molar-refractivity contribution in [3.05, 3.63) is 36.2 Å². The number of hydrogen-bond donors (Lipinski definition) is 1. The second-order valence-corrected chi connectivity index (χ2v) is 11.6. The second-order valence-electron chi connectivity index (χ2n) is 6.79. The van der Waals surface area contributed by atoms with Crippen LogP contribution in [0.2, 0.25) is 18.1 Å². The summed E-state index contributed by atoms with van der Waals surface area (Å²) in [5.74, 6) is 2.13. The maximum atomic E-state index is 6.16. The molecule has 2 heterocycles. The Labute approximate surface area is 127 Å². The van der Waals surface area contributed by atoms with E-state index in [0.717, 1.165) is 17.1 Å². The van der Waals surface area contributed by atoms with E-state index in [1.165, 1.54) is 0 Å². The first-order chi connectivity index (χ1) is 9.69. The van der Waals surface area contributed by atoms with E-state index in [1.807, 2.05) is 18.2 Å². The Bertz CT molecular complexity index is 597. The summed E-state index contributed by atoms with van der Waals surface area (Å²) < 4.78 is 12.0. The van der Waals surface area contributed by atoms with E-state index in [9.17, 15) is 0 Å². The van der Waals surface area contributed by atoms with Gasteiger partial charge in [-0.3, -0.25) is 0 Å². The highest BCUT2D eigenvalue weighted by Gasteiger charge is 2.37. The van der Waals surface area contributed by atoms with Crippen molar-refractivity contribution in [1.82, 2.24) is 4.98 Å². The van der Waals surface area contributed by atoms with Gasteiger partial charge in [0.15, 0.2) is 8.32 Å². The van der Waals surface area contributed by atoms with Crippen molar-refractivity contribution in [2.75, 3.05) is 5.73 Å². The van der Waals surface area contributed by atoms with E-state index in [4.69, 9.17) is 14.6 Å². The first kappa shape index (κ1) is 15.8. The molecule has 0 bridgehead atoms. The van der Waals surface area contributed by atoms with Crippen LogP contribution in [0.5, 0.6) is 0 Å². The molecule has 0 unspecified atom stereocenters. The molecule has 2 rings (SSSR count). The first-order valence-corrected chi connectivity index (χ1v) is 10.0. The van der Waals surface area contributed by atoms with Crippen LogP contribution in [-0.2, 0) is 11.0 Å². The fraction of sp³-hybridized carbons (Fsp3) is 0.438. The number of hydrogen-bond acceptors (Lipinski definition) is 4. The van der Waals surface area contributed by atoms with Crippen molar-refractivity contribution in [2.24, 2.45) is 0 Å². The molecule has 21 heavy (non-hydrogen) atoms. The topological polar surface area (TPSA) is 61.3 Å². The molecule has 0 amide bonds. The van der Waals surface area contributed by atoms with Gasteiger partial charge in [-0.25, -0.2) is 4.98 Å². The molecule has 0 fully saturated rings. The Hall–Kier alpha value is -1.59. The largest absolute Gasteiger partial charge is 0.459 e. The van der Waals surface area contributed by atoms with Crippen molar-refractivity contribution >= 4 is 14.1 Å². The minimum absolute atomic E-state index is 0.198. The Morgan fingerprint density at radius 3 is 2.48 bits per heavy atom. The molecule has 0 aliphatic rings. The van der Waals surface area contributed by atoms with E-state index in [0.29, 0.717) is 12.4 Å². The third-order valence-corrected chi connectivity index (χ3v) is 8.59. The lowest BCUT2D eigenvalue weighted by Gasteiger charge is -2.35. The van der Waals surface area contributed by atoms with Gasteiger partial charge in [0.05, 0.1) is 6.61 Å². The Morgan fingerprint density at radius 1 is 1.19 bits per heavy atom. The molecule has 4 nitrogen and oxygen atoms in total. The quantitative estimate of drug-likeness (QED) is 0.848. The molecule has 0 radical (unpaired) electrons. The van der Waals surface area contributed by atoms with Crippen molar-refractivity contribution < 1.29 is 8.84 Å². The molecule has 2 N–H and O–H groups in total. The number of aromatic nitrogens is 1. The van der Waals surface area contributed by atoms with Crippen LogP contribution >= 0.6 is 0 Å². The number of nitrogens with zero attached hydrogens (tertiary/aromatic N) is 1. The van der Waals surface area contributed by atoms with Gasteiger partial charge >= 0.3 is 0 Å². The summed E-state index contributed by atoms with van der Waals surface area (Å²) in [6.07, 6.45) is 1.71. The van der Waals surface area contributed by atoms with E-state index < -0.39 is 8.32 Å². The van der Waals surface area contributed by atoms with Crippen LogP contribution in [0.15, 0.2) is 34.9 Å². The summed E-state index contributed by atoms with van der Waals surface area (Å²) in [5.41, 5.74) is 6.51. The highest BCUT2D eigenvalue weighted by atomic mass is 28.4. The summed E-state index contributed by atoms with van der Waals surface area (Å²) in [7, 11) is -1.75. The smallest absolute Gasteiger partial charge is 0.192 e. The van der Waals surface area contributed by atoms with Gasteiger partial charge in [0.1, 0.15) is 17.3 Å². The molecule has 0 aliphatic carbocycles. The monoisotopic (exact) mass is 304 g/mol. The summed E-state index contributed by atoms with van der Waals surface area (Å²) in [6, 6.07) is 7.57. The maximum Gasteiger partial charge on any atom is 0.192 e. The molecular weight excluding hydrogens is 280 g/mol. The molecule has 2 aromatic heterocycles. The van der Waals surface area contributed by atoms with Gasteiger partial charge in [-0.05, 0) is 42.4 Å². The second kappa shape index (κ2) is 5.65. The van der Waals surface area contributed by atoms with Crippen molar-refractivity contribution in [3.63, 3.8) is 0 Å². The summed E-state index contributed by atoms with van der Waals surface area (Å²) in [4.78, 5) is 4.08. The van der Waals surface area contributed by atoms with Crippen LogP contribution in [0.4, 0.5) is 5.82 Å². The highest BCUT2D eigenvalue weighted by Crippen LogP contribution is 2.37. The fourth-order valence-corrected chi connectivity index (χ4v) is 2.57. The van der Waals surface area contributed by atoms with E-state index in [2.05, 4.69) is 38.8 Å². The van der Waals surface area contributed by atoms with Crippen LogP contribution in [0.25, 0.3) is 11.3 Å². The molecule has 0 atom stereocenters. The van der Waals surface area contributed by atoms with Gasteiger partial charge in [-0.1, -0.05) is 20.8 Å². The summed E-state index contributed by atoms with van der Waals surface area (Å²) in [6.45, 7) is 11.7. The van der Waals surface area contributed by atoms with Crippen molar-refractivity contribution in [3.8, 4) is 11.3 Å². The normalized spacial score (nSPS) is 12.6. The molecule has 114 valence electrons. The molecule has 0 aromatic carbocycles. The lowest BCUT2D eigenvalue weighted by atomic mass is 10.2. The fourth-order valence-electron chi connectivity index (χ4n) is 1.63. The molecule has 0 aliphatic heterocycles. The number of furan rings is 1. The summed E-state index contributed by atoms with van der Waals surface area (Å²) in [5, 5.41) is 0.198. The van der Waals surface area contributed by atoms with Crippen LogP contribution < -0.4 is 5.73 Å². The zero-order valence-electron chi connectivity index (χ0n) is 13.4. The molecule has 2 aromatic rings. The molecule has 0 saturated heterocycles. The number of nitrogens with two attached hydrogens (primary N) is 1.